The van der Waals surface area contributed by atoms with Crippen LogP contribution in [0.1, 0.15) is 20.3 Å². The molecule has 7 heteroatoms. The number of nitrogens with one attached hydrogen (secondary N) is 1. The van der Waals surface area contributed by atoms with Gasteiger partial charge in [0.1, 0.15) is 6.04 Å². The summed E-state index contributed by atoms with van der Waals surface area (Å²) in [6.07, 6.45) is -0.485. The van der Waals surface area contributed by atoms with Gasteiger partial charge >= 0.3 is 11.9 Å². The standard InChI is InChI=1S/C9H16N2O5/c1-3-16-9(15)5(2)11-8(14)6(10)4-7(12)13/h5-6H,3-4,10H2,1-2H3,(H,11,14)(H,12,13)/t5-,6-/m0/s1. The number of carbonyl (C=O) groups is 3. The molecule has 0 aliphatic carbocycles. The zero-order chi connectivity index (χ0) is 12.7. The molecular weight excluding hydrogens is 216 g/mol. The Kier molecular flexibility index (Phi) is 6.09. The number of aliphatic carboxylic acids is 1. The average Bonchev–Trinajstić information content (AvgIpc) is 2.16. The van der Waals surface area contributed by atoms with E-state index in [1.807, 2.05) is 0 Å². The maximum Gasteiger partial charge on any atom is 0.328 e. The van der Waals surface area contributed by atoms with Gasteiger partial charge in [-0.2, -0.15) is 0 Å². The number of rotatable bonds is 6. The first-order valence-electron chi connectivity index (χ1n) is 4.82. The second kappa shape index (κ2) is 6.78. The van der Waals surface area contributed by atoms with Crippen LogP contribution in [-0.4, -0.2) is 41.6 Å². The number of hydrogen-bond donors (Lipinski definition) is 3. The van der Waals surface area contributed by atoms with Crippen molar-refractivity contribution in [3.8, 4) is 0 Å². The monoisotopic (exact) mass is 232 g/mol. The van der Waals surface area contributed by atoms with Gasteiger partial charge in [0.15, 0.2) is 0 Å². The number of carbonyl (C=O) groups excluding carboxylic acids is 2. The van der Waals surface area contributed by atoms with E-state index in [-0.39, 0.29) is 6.61 Å². The molecule has 0 rings (SSSR count). The lowest BCUT2D eigenvalue weighted by Crippen LogP contribution is -2.48. The van der Waals surface area contributed by atoms with Crippen LogP contribution in [0.15, 0.2) is 0 Å². The molecule has 2 atom stereocenters. The normalized spacial score (nSPS) is 13.7. The van der Waals surface area contributed by atoms with Crippen LogP contribution in [0.25, 0.3) is 0 Å². The van der Waals surface area contributed by atoms with Crippen LogP contribution in [0.4, 0.5) is 0 Å². The first-order valence-corrected chi connectivity index (χ1v) is 4.82. The van der Waals surface area contributed by atoms with Gasteiger partial charge in [-0.1, -0.05) is 0 Å². The fourth-order valence-electron chi connectivity index (χ4n) is 0.927. The largest absolute Gasteiger partial charge is 0.481 e. The highest BCUT2D eigenvalue weighted by atomic mass is 16.5. The lowest BCUT2D eigenvalue weighted by atomic mass is 10.2. The Morgan fingerprint density at radius 1 is 1.44 bits per heavy atom. The predicted molar refractivity (Wildman–Crippen MR) is 54.5 cm³/mol. The molecule has 1 amide bonds. The molecule has 4 N–H and O–H groups in total. The Hall–Kier alpha value is -1.63. The zero-order valence-electron chi connectivity index (χ0n) is 9.23. The first kappa shape index (κ1) is 14.4. The Labute approximate surface area is 92.9 Å². The molecule has 0 saturated heterocycles. The van der Waals surface area contributed by atoms with Gasteiger partial charge in [0.25, 0.3) is 0 Å². The minimum atomic E-state index is -1.17. The van der Waals surface area contributed by atoms with E-state index in [4.69, 9.17) is 10.8 Å². The van der Waals surface area contributed by atoms with Crippen LogP contribution < -0.4 is 11.1 Å². The van der Waals surface area contributed by atoms with Gasteiger partial charge in [0.2, 0.25) is 5.91 Å². The third kappa shape index (κ3) is 5.30. The molecular formula is C9H16N2O5. The summed E-state index contributed by atoms with van der Waals surface area (Å²) in [5.74, 6) is -2.45. The summed E-state index contributed by atoms with van der Waals surface area (Å²) in [5.41, 5.74) is 5.30. The van der Waals surface area contributed by atoms with Gasteiger partial charge < -0.3 is 20.9 Å². The van der Waals surface area contributed by atoms with Crippen molar-refractivity contribution >= 4 is 17.8 Å². The number of carboxylic acids is 1. The quantitative estimate of drug-likeness (QED) is 0.498. The smallest absolute Gasteiger partial charge is 0.328 e. The highest BCUT2D eigenvalue weighted by molar-refractivity contribution is 5.89. The molecule has 0 aromatic carbocycles. The van der Waals surface area contributed by atoms with Gasteiger partial charge in [-0.25, -0.2) is 4.79 Å². The van der Waals surface area contributed by atoms with E-state index in [1.165, 1.54) is 6.92 Å². The van der Waals surface area contributed by atoms with Gasteiger partial charge in [-0.3, -0.25) is 9.59 Å². The van der Waals surface area contributed by atoms with Crippen molar-refractivity contribution < 1.29 is 24.2 Å². The number of amides is 1. The van der Waals surface area contributed by atoms with E-state index in [2.05, 4.69) is 10.1 Å². The third-order valence-corrected chi connectivity index (χ3v) is 1.73. The summed E-state index contributed by atoms with van der Waals surface area (Å²) in [6, 6.07) is -2.01. The molecule has 0 radical (unpaired) electrons. The van der Waals surface area contributed by atoms with Gasteiger partial charge in [0, 0.05) is 0 Å². The highest BCUT2D eigenvalue weighted by Crippen LogP contribution is 1.92. The molecule has 0 aliphatic heterocycles. The van der Waals surface area contributed by atoms with Crippen molar-refractivity contribution in [3.63, 3.8) is 0 Å². The van der Waals surface area contributed by atoms with Gasteiger partial charge in [-0.15, -0.1) is 0 Å². The highest BCUT2D eigenvalue weighted by Gasteiger charge is 2.22. The van der Waals surface area contributed by atoms with Crippen LogP contribution in [0.2, 0.25) is 0 Å². The van der Waals surface area contributed by atoms with Crippen molar-refractivity contribution in [1.29, 1.82) is 0 Å². The van der Waals surface area contributed by atoms with E-state index in [0.29, 0.717) is 0 Å². The minimum Gasteiger partial charge on any atom is -0.481 e. The Balaban J connectivity index is 4.12. The molecule has 0 aromatic rings. The summed E-state index contributed by atoms with van der Waals surface area (Å²) in [4.78, 5) is 32.7. The maximum atomic E-state index is 11.3. The number of nitrogens with two attached hydrogens (primary N) is 1. The van der Waals surface area contributed by atoms with E-state index in [0.717, 1.165) is 0 Å². The van der Waals surface area contributed by atoms with Crippen molar-refractivity contribution in [1.82, 2.24) is 5.32 Å². The van der Waals surface area contributed by atoms with E-state index < -0.39 is 36.4 Å². The summed E-state index contributed by atoms with van der Waals surface area (Å²) < 4.78 is 4.65. The summed E-state index contributed by atoms with van der Waals surface area (Å²) in [7, 11) is 0. The van der Waals surface area contributed by atoms with E-state index in [1.54, 1.807) is 6.92 Å². The fraction of sp³-hybridized carbons (Fsp3) is 0.667. The number of carboxylic acid groups (broad SMARTS) is 1. The summed E-state index contributed by atoms with van der Waals surface area (Å²) >= 11 is 0. The number of ether oxygens (including phenoxy) is 1. The second-order valence-electron chi connectivity index (χ2n) is 3.19. The molecule has 0 saturated carbocycles. The van der Waals surface area contributed by atoms with Crippen LogP contribution in [0.5, 0.6) is 0 Å². The second-order valence-corrected chi connectivity index (χ2v) is 3.19. The van der Waals surface area contributed by atoms with Crippen molar-refractivity contribution in [3.05, 3.63) is 0 Å². The fourth-order valence-corrected chi connectivity index (χ4v) is 0.927. The molecule has 0 bridgehead atoms. The van der Waals surface area contributed by atoms with Gasteiger partial charge in [0.05, 0.1) is 19.1 Å². The molecule has 0 heterocycles. The van der Waals surface area contributed by atoms with E-state index in [9.17, 15) is 14.4 Å². The molecule has 0 aromatic heterocycles. The van der Waals surface area contributed by atoms with Crippen molar-refractivity contribution in [2.24, 2.45) is 5.73 Å². The Morgan fingerprint density at radius 2 is 2.00 bits per heavy atom. The lowest BCUT2D eigenvalue weighted by molar-refractivity contribution is -0.147. The van der Waals surface area contributed by atoms with Gasteiger partial charge in [-0.05, 0) is 13.8 Å². The Morgan fingerprint density at radius 3 is 2.44 bits per heavy atom. The van der Waals surface area contributed by atoms with Crippen LogP contribution in [-0.2, 0) is 19.1 Å². The molecule has 0 unspecified atom stereocenters. The maximum absolute atomic E-state index is 11.3. The Bertz CT molecular complexity index is 279. The minimum absolute atomic E-state index is 0.209. The van der Waals surface area contributed by atoms with E-state index >= 15 is 0 Å². The molecule has 16 heavy (non-hydrogen) atoms. The average molecular weight is 232 g/mol. The van der Waals surface area contributed by atoms with Crippen LogP contribution >= 0.6 is 0 Å². The summed E-state index contributed by atoms with van der Waals surface area (Å²) in [5, 5.41) is 10.7. The van der Waals surface area contributed by atoms with Crippen molar-refractivity contribution in [2.75, 3.05) is 6.61 Å². The molecule has 0 spiro atoms. The first-order chi connectivity index (χ1) is 7.38. The number of hydrogen-bond acceptors (Lipinski definition) is 5. The van der Waals surface area contributed by atoms with Crippen LogP contribution in [0.3, 0.4) is 0 Å². The topological polar surface area (TPSA) is 119 Å². The zero-order valence-corrected chi connectivity index (χ0v) is 9.23. The molecule has 0 aliphatic rings. The molecule has 92 valence electrons. The third-order valence-electron chi connectivity index (χ3n) is 1.73. The van der Waals surface area contributed by atoms with Crippen molar-refractivity contribution in [2.45, 2.75) is 32.4 Å². The number of esters is 1. The molecule has 7 nitrogen and oxygen atoms in total. The SMILES string of the molecule is CCOC(=O)[C@H](C)NC(=O)[C@@H](N)CC(=O)O. The van der Waals surface area contributed by atoms with Crippen LogP contribution in [0, 0.1) is 0 Å². The predicted octanol–water partition coefficient (Wildman–Crippen LogP) is -1.14. The molecule has 0 fully saturated rings. The summed E-state index contributed by atoms with van der Waals surface area (Å²) in [6.45, 7) is 3.28. The lowest BCUT2D eigenvalue weighted by Gasteiger charge is -2.15.